The van der Waals surface area contributed by atoms with Gasteiger partial charge in [-0.15, -0.1) is 21.5 Å². The molecule has 0 bridgehead atoms. The maximum atomic E-state index is 5.67. The molecule has 3 heterocycles. The highest BCUT2D eigenvalue weighted by atomic mass is 32.1. The Morgan fingerprint density at radius 1 is 1.21 bits per heavy atom. The van der Waals surface area contributed by atoms with Gasteiger partial charge in [0.25, 0.3) is 0 Å². The molecule has 7 heteroatoms. The van der Waals surface area contributed by atoms with Gasteiger partial charge in [0.05, 0.1) is 17.1 Å². The van der Waals surface area contributed by atoms with Crippen LogP contribution in [-0.2, 0) is 13.0 Å². The summed E-state index contributed by atoms with van der Waals surface area (Å²) >= 11 is 3.18. The lowest BCUT2D eigenvalue weighted by Crippen LogP contribution is -2.18. The lowest BCUT2D eigenvalue weighted by molar-refractivity contribution is 0.330. The zero-order valence-electron chi connectivity index (χ0n) is 10.9. The van der Waals surface area contributed by atoms with E-state index in [0.29, 0.717) is 5.13 Å². The summed E-state index contributed by atoms with van der Waals surface area (Å²) in [5.41, 5.74) is 6.79. The quantitative estimate of drug-likeness (QED) is 0.938. The Hall–Kier alpha value is -1.05. The van der Waals surface area contributed by atoms with Crippen molar-refractivity contribution < 1.29 is 0 Å². The second-order valence-electron chi connectivity index (χ2n) is 4.67. The predicted octanol–water partition coefficient (Wildman–Crippen LogP) is 2.40. The molecule has 3 rings (SSSR count). The summed E-state index contributed by atoms with van der Waals surface area (Å²) in [7, 11) is 0. The van der Waals surface area contributed by atoms with E-state index >= 15 is 0 Å². The monoisotopic (exact) mass is 295 g/mol. The van der Waals surface area contributed by atoms with Crippen molar-refractivity contribution in [3.63, 3.8) is 0 Å². The number of hydrogen-bond acceptors (Lipinski definition) is 7. The summed E-state index contributed by atoms with van der Waals surface area (Å²) in [6, 6.07) is 0. The van der Waals surface area contributed by atoms with Crippen LogP contribution in [0.5, 0.6) is 0 Å². The van der Waals surface area contributed by atoms with Crippen LogP contribution in [0.4, 0.5) is 5.13 Å². The van der Waals surface area contributed by atoms with Gasteiger partial charge in [0.2, 0.25) is 5.13 Å². The number of anilines is 1. The van der Waals surface area contributed by atoms with E-state index in [9.17, 15) is 0 Å². The van der Waals surface area contributed by atoms with Crippen LogP contribution in [0.15, 0.2) is 0 Å². The summed E-state index contributed by atoms with van der Waals surface area (Å²) in [6.07, 6.45) is 3.54. The average molecular weight is 295 g/mol. The Bertz CT molecular complexity index is 556. The van der Waals surface area contributed by atoms with E-state index in [1.807, 2.05) is 0 Å². The third-order valence-electron chi connectivity index (χ3n) is 3.27. The summed E-state index contributed by atoms with van der Waals surface area (Å²) in [5, 5.41) is 10.6. The SMILES string of the molecule is CCc1nc(CN2CCCC2)sc1-c1nnc(N)s1. The normalized spacial score (nSPS) is 16.3. The van der Waals surface area contributed by atoms with Gasteiger partial charge in [-0.3, -0.25) is 4.90 Å². The van der Waals surface area contributed by atoms with Crippen molar-refractivity contribution in [3.05, 3.63) is 10.7 Å². The number of aromatic nitrogens is 3. The third kappa shape index (κ3) is 2.77. The molecule has 102 valence electrons. The van der Waals surface area contributed by atoms with Crippen molar-refractivity contribution in [3.8, 4) is 9.88 Å². The predicted molar refractivity (Wildman–Crippen MR) is 79.3 cm³/mol. The van der Waals surface area contributed by atoms with Gasteiger partial charge < -0.3 is 5.73 Å². The molecular formula is C12H17N5S2. The Labute approximate surface area is 120 Å². The number of rotatable bonds is 4. The molecule has 1 fully saturated rings. The molecule has 1 aliphatic rings. The number of likely N-dealkylation sites (tertiary alicyclic amines) is 1. The molecule has 1 aliphatic heterocycles. The molecule has 0 amide bonds. The van der Waals surface area contributed by atoms with Crippen LogP contribution in [-0.4, -0.2) is 33.2 Å². The fraction of sp³-hybridized carbons (Fsp3) is 0.583. The first-order valence-electron chi connectivity index (χ1n) is 6.56. The van der Waals surface area contributed by atoms with Crippen LogP contribution in [0.3, 0.4) is 0 Å². The molecule has 0 aromatic carbocycles. The van der Waals surface area contributed by atoms with E-state index in [0.717, 1.165) is 28.5 Å². The van der Waals surface area contributed by atoms with Gasteiger partial charge in [-0.2, -0.15) is 0 Å². The lowest BCUT2D eigenvalue weighted by atomic mass is 10.3. The molecule has 0 unspecified atom stereocenters. The topological polar surface area (TPSA) is 67.9 Å². The van der Waals surface area contributed by atoms with E-state index in [-0.39, 0.29) is 0 Å². The van der Waals surface area contributed by atoms with Gasteiger partial charge in [-0.25, -0.2) is 4.98 Å². The standard InChI is InChI=1S/C12H17N5S2/c1-2-8-10(11-15-16-12(13)19-11)18-9(14-8)7-17-5-3-4-6-17/h2-7H2,1H3,(H2,13,16). The minimum absolute atomic E-state index is 0.520. The van der Waals surface area contributed by atoms with Gasteiger partial charge in [0.1, 0.15) is 5.01 Å². The minimum atomic E-state index is 0.520. The van der Waals surface area contributed by atoms with Crippen LogP contribution >= 0.6 is 22.7 Å². The largest absolute Gasteiger partial charge is 0.374 e. The molecular weight excluding hydrogens is 278 g/mol. The minimum Gasteiger partial charge on any atom is -0.374 e. The number of nitrogens with two attached hydrogens (primary N) is 1. The van der Waals surface area contributed by atoms with Crippen molar-refractivity contribution in [1.29, 1.82) is 0 Å². The molecule has 2 aromatic rings. The van der Waals surface area contributed by atoms with E-state index in [1.54, 1.807) is 11.3 Å². The lowest BCUT2D eigenvalue weighted by Gasteiger charge is -2.11. The van der Waals surface area contributed by atoms with Gasteiger partial charge in [0.15, 0.2) is 5.01 Å². The fourth-order valence-electron chi connectivity index (χ4n) is 2.33. The molecule has 1 saturated heterocycles. The highest BCUT2D eigenvalue weighted by Gasteiger charge is 2.18. The number of hydrogen-bond donors (Lipinski definition) is 1. The molecule has 19 heavy (non-hydrogen) atoms. The van der Waals surface area contributed by atoms with Crippen molar-refractivity contribution in [1.82, 2.24) is 20.1 Å². The zero-order chi connectivity index (χ0) is 13.2. The maximum Gasteiger partial charge on any atom is 0.203 e. The van der Waals surface area contributed by atoms with E-state index in [2.05, 4.69) is 22.0 Å². The van der Waals surface area contributed by atoms with Crippen molar-refractivity contribution in [2.45, 2.75) is 32.7 Å². The van der Waals surface area contributed by atoms with Crippen molar-refractivity contribution in [2.75, 3.05) is 18.8 Å². The second kappa shape index (κ2) is 5.52. The van der Waals surface area contributed by atoms with Crippen LogP contribution in [0.25, 0.3) is 9.88 Å². The number of thiazole rings is 1. The van der Waals surface area contributed by atoms with Gasteiger partial charge in [0, 0.05) is 0 Å². The second-order valence-corrected chi connectivity index (χ2v) is 6.76. The molecule has 2 N–H and O–H groups in total. The molecule has 0 aliphatic carbocycles. The molecule has 5 nitrogen and oxygen atoms in total. The first-order chi connectivity index (χ1) is 9.26. The highest BCUT2D eigenvalue weighted by Crippen LogP contribution is 2.34. The smallest absolute Gasteiger partial charge is 0.203 e. The number of aryl methyl sites for hydroxylation is 1. The van der Waals surface area contributed by atoms with Crippen LogP contribution < -0.4 is 5.73 Å². The summed E-state index contributed by atoms with van der Waals surface area (Å²) < 4.78 is 0. The van der Waals surface area contributed by atoms with Crippen molar-refractivity contribution >= 4 is 27.8 Å². The Morgan fingerprint density at radius 2 is 2.00 bits per heavy atom. The van der Waals surface area contributed by atoms with E-state index < -0.39 is 0 Å². The molecule has 2 aromatic heterocycles. The van der Waals surface area contributed by atoms with Crippen molar-refractivity contribution in [2.24, 2.45) is 0 Å². The maximum absolute atomic E-state index is 5.67. The summed E-state index contributed by atoms with van der Waals surface area (Å²) in [6.45, 7) is 5.48. The number of nitrogens with zero attached hydrogens (tertiary/aromatic N) is 4. The van der Waals surface area contributed by atoms with Crippen LogP contribution in [0.2, 0.25) is 0 Å². The first kappa shape index (κ1) is 13.0. The van der Waals surface area contributed by atoms with Crippen LogP contribution in [0.1, 0.15) is 30.5 Å². The summed E-state index contributed by atoms with van der Waals surface area (Å²) in [4.78, 5) is 8.37. The first-order valence-corrected chi connectivity index (χ1v) is 8.20. The fourth-order valence-corrected chi connectivity index (χ4v) is 4.23. The summed E-state index contributed by atoms with van der Waals surface area (Å²) in [5.74, 6) is 0. The number of nitrogen functional groups attached to an aromatic ring is 1. The van der Waals surface area contributed by atoms with E-state index in [1.165, 1.54) is 42.3 Å². The van der Waals surface area contributed by atoms with Crippen LogP contribution in [0, 0.1) is 0 Å². The zero-order valence-corrected chi connectivity index (χ0v) is 12.6. The Balaban J connectivity index is 1.85. The average Bonchev–Trinajstić information content (AvgIpc) is 3.10. The van der Waals surface area contributed by atoms with Gasteiger partial charge in [-0.1, -0.05) is 18.3 Å². The molecule has 0 atom stereocenters. The van der Waals surface area contributed by atoms with Gasteiger partial charge in [-0.05, 0) is 32.4 Å². The third-order valence-corrected chi connectivity index (χ3v) is 5.26. The molecule has 0 spiro atoms. The Kier molecular flexibility index (Phi) is 3.76. The molecule has 0 saturated carbocycles. The van der Waals surface area contributed by atoms with E-state index in [4.69, 9.17) is 10.7 Å². The molecule has 0 radical (unpaired) electrons. The Morgan fingerprint density at radius 3 is 2.63 bits per heavy atom. The van der Waals surface area contributed by atoms with Gasteiger partial charge >= 0.3 is 0 Å². The highest BCUT2D eigenvalue weighted by molar-refractivity contribution is 7.23.